The van der Waals surface area contributed by atoms with Crippen LogP contribution in [0.3, 0.4) is 0 Å². The van der Waals surface area contributed by atoms with Crippen LogP contribution in [0.4, 0.5) is 10.1 Å². The highest BCUT2D eigenvalue weighted by atomic mass is 35.5. The van der Waals surface area contributed by atoms with Crippen molar-refractivity contribution in [2.75, 3.05) is 26.1 Å². The Labute approximate surface area is 270 Å². The van der Waals surface area contributed by atoms with Gasteiger partial charge >= 0.3 is 5.97 Å². The van der Waals surface area contributed by atoms with Crippen LogP contribution in [0.5, 0.6) is 0 Å². The number of ether oxygens (including phenoxy) is 2. The van der Waals surface area contributed by atoms with Gasteiger partial charge < -0.3 is 14.0 Å². The molecule has 1 aromatic heterocycles. The van der Waals surface area contributed by atoms with Crippen molar-refractivity contribution >= 4 is 59.1 Å². The number of nitrogens with zero attached hydrogens (tertiary/aromatic N) is 3. The zero-order valence-corrected chi connectivity index (χ0v) is 26.9. The largest absolute Gasteiger partial charge is 0.465 e. The van der Waals surface area contributed by atoms with Crippen molar-refractivity contribution in [3.05, 3.63) is 63.1 Å². The highest BCUT2D eigenvalue weighted by molar-refractivity contribution is 7.99. The van der Waals surface area contributed by atoms with Gasteiger partial charge in [0.25, 0.3) is 0 Å². The van der Waals surface area contributed by atoms with E-state index in [0.717, 1.165) is 49.7 Å². The van der Waals surface area contributed by atoms with Crippen LogP contribution in [0.25, 0.3) is 11.3 Å². The van der Waals surface area contributed by atoms with Crippen molar-refractivity contribution < 1.29 is 28.0 Å². The molecule has 2 fully saturated rings. The summed E-state index contributed by atoms with van der Waals surface area (Å²) in [7, 11) is 1.25. The van der Waals surface area contributed by atoms with Crippen molar-refractivity contribution in [2.24, 2.45) is 10.9 Å². The first-order valence-corrected chi connectivity index (χ1v) is 16.3. The van der Waals surface area contributed by atoms with Gasteiger partial charge in [-0.25, -0.2) is 9.18 Å². The monoisotopic (exact) mass is 661 g/mol. The first-order valence-electron chi connectivity index (χ1n) is 14.5. The van der Waals surface area contributed by atoms with Crippen LogP contribution in [0.2, 0.25) is 10.0 Å². The van der Waals surface area contributed by atoms with Crippen LogP contribution in [-0.4, -0.2) is 60.7 Å². The molecule has 8 nitrogen and oxygen atoms in total. The van der Waals surface area contributed by atoms with E-state index in [1.54, 1.807) is 24.3 Å². The van der Waals surface area contributed by atoms with Gasteiger partial charge in [0.1, 0.15) is 23.2 Å². The van der Waals surface area contributed by atoms with E-state index >= 15 is 0 Å². The Kier molecular flexibility index (Phi) is 10.8. The summed E-state index contributed by atoms with van der Waals surface area (Å²) in [6.45, 7) is 7.18. The number of methoxy groups -OCH3 is 1. The van der Waals surface area contributed by atoms with Gasteiger partial charge in [0.05, 0.1) is 29.3 Å². The number of ketones is 1. The fraction of sp³-hybridized carbons (Fsp3) is 0.438. The van der Waals surface area contributed by atoms with Crippen LogP contribution >= 0.6 is 35.0 Å². The SMILES string of the molecule is C=Nc1c(F)cc(C(=O)OC)cc1SCN(CC)CC1CCC(=O)[C@H](OCc2c(-c3c(Cl)cccc3Cl)noc2C2CC2)C1. The number of thioether (sulfide) groups is 1. The van der Waals surface area contributed by atoms with E-state index in [-0.39, 0.29) is 35.5 Å². The Hall–Kier alpha value is -2.76. The summed E-state index contributed by atoms with van der Waals surface area (Å²) in [5, 5.41) is 5.26. The van der Waals surface area contributed by atoms with Crippen molar-refractivity contribution in [1.29, 1.82) is 0 Å². The molecule has 12 heteroatoms. The van der Waals surface area contributed by atoms with E-state index < -0.39 is 17.9 Å². The van der Waals surface area contributed by atoms with Crippen molar-refractivity contribution in [2.45, 2.75) is 62.6 Å². The number of carbonyl (C=O) groups excluding carboxylic acids is 2. The summed E-state index contributed by atoms with van der Waals surface area (Å²) < 4.78 is 31.4. The number of carbonyl (C=O) groups is 2. The quantitative estimate of drug-likeness (QED) is 0.0785. The Morgan fingerprint density at radius 3 is 2.66 bits per heavy atom. The van der Waals surface area contributed by atoms with Crippen LogP contribution < -0.4 is 0 Å². The summed E-state index contributed by atoms with van der Waals surface area (Å²) in [5.74, 6) is 0.632. The number of hydrogen-bond donors (Lipinski definition) is 0. The third kappa shape index (κ3) is 7.37. The summed E-state index contributed by atoms with van der Waals surface area (Å²) in [4.78, 5) is 31.5. The van der Waals surface area contributed by atoms with Gasteiger partial charge in [-0.05, 0) is 69.1 Å². The maximum atomic E-state index is 14.6. The van der Waals surface area contributed by atoms with Crippen molar-refractivity contribution in [3.63, 3.8) is 0 Å². The lowest BCUT2D eigenvalue weighted by molar-refractivity contribution is -0.136. The summed E-state index contributed by atoms with van der Waals surface area (Å²) in [6.07, 6.45) is 3.23. The molecule has 0 N–H and O–H groups in total. The Morgan fingerprint density at radius 2 is 2.00 bits per heavy atom. The molecule has 2 atom stereocenters. The fourth-order valence-electron chi connectivity index (χ4n) is 5.49. The average molecular weight is 663 g/mol. The smallest absolute Gasteiger partial charge is 0.337 e. The van der Waals surface area contributed by atoms with E-state index in [2.05, 4.69) is 21.8 Å². The van der Waals surface area contributed by atoms with Crippen molar-refractivity contribution in [1.82, 2.24) is 10.1 Å². The molecule has 0 saturated heterocycles. The summed E-state index contributed by atoms with van der Waals surface area (Å²) in [5.41, 5.74) is 2.16. The highest BCUT2D eigenvalue weighted by Crippen LogP contribution is 2.46. The second kappa shape index (κ2) is 14.6. The molecule has 0 aliphatic heterocycles. The number of benzene rings is 2. The fourth-order valence-corrected chi connectivity index (χ4v) is 7.19. The van der Waals surface area contributed by atoms with Crippen LogP contribution in [0.15, 0.2) is 44.7 Å². The van der Waals surface area contributed by atoms with Gasteiger partial charge in [0.2, 0.25) is 0 Å². The van der Waals surface area contributed by atoms with Gasteiger partial charge in [-0.1, -0.05) is 41.3 Å². The molecular formula is C32H34Cl2FN3O5S. The van der Waals surface area contributed by atoms with Gasteiger partial charge in [-0.3, -0.25) is 14.7 Å². The number of Topliss-reactive ketones (excluding diaryl/α,β-unsaturated/α-hetero) is 1. The van der Waals surface area contributed by atoms with E-state index in [1.807, 2.05) is 6.92 Å². The minimum absolute atomic E-state index is 0.0808. The average Bonchev–Trinajstić information content (AvgIpc) is 3.78. The maximum absolute atomic E-state index is 14.6. The number of hydrogen-bond acceptors (Lipinski definition) is 9. The minimum atomic E-state index is -0.628. The number of aliphatic imine (C=N–C) groups is 1. The Morgan fingerprint density at radius 1 is 1.25 bits per heavy atom. The Balaban J connectivity index is 1.25. The van der Waals surface area contributed by atoms with Gasteiger partial charge in [-0.2, -0.15) is 0 Å². The van der Waals surface area contributed by atoms with Gasteiger partial charge in [0.15, 0.2) is 11.6 Å². The molecule has 2 aliphatic carbocycles. The van der Waals surface area contributed by atoms with E-state index in [4.69, 9.17) is 37.2 Å². The molecule has 2 aromatic carbocycles. The molecule has 0 amide bonds. The molecule has 3 aromatic rings. The molecular weight excluding hydrogens is 628 g/mol. The molecule has 1 heterocycles. The van der Waals surface area contributed by atoms with Crippen LogP contribution in [0.1, 0.15) is 66.6 Å². The number of esters is 1. The van der Waals surface area contributed by atoms with Gasteiger partial charge in [0, 0.05) is 40.8 Å². The molecule has 1 unspecified atom stereocenters. The Bertz CT molecular complexity index is 1530. The second-order valence-corrected chi connectivity index (χ2v) is 12.8. The van der Waals surface area contributed by atoms with E-state index in [9.17, 15) is 14.0 Å². The third-order valence-electron chi connectivity index (χ3n) is 8.07. The zero-order chi connectivity index (χ0) is 31.4. The predicted molar refractivity (Wildman–Crippen MR) is 170 cm³/mol. The normalized spacial score (nSPS) is 18.5. The number of halogens is 3. The molecule has 2 aliphatic rings. The van der Waals surface area contributed by atoms with Crippen LogP contribution in [-0.2, 0) is 20.9 Å². The minimum Gasteiger partial charge on any atom is -0.465 e. The lowest BCUT2D eigenvalue weighted by Crippen LogP contribution is -2.38. The first kappa shape index (κ1) is 32.6. The second-order valence-electron chi connectivity index (χ2n) is 11.0. The first-order chi connectivity index (χ1) is 21.2. The molecule has 2 saturated carbocycles. The number of aromatic nitrogens is 1. The molecule has 234 valence electrons. The highest BCUT2D eigenvalue weighted by Gasteiger charge is 2.35. The lowest BCUT2D eigenvalue weighted by Gasteiger charge is -2.32. The standard InChI is InChI=1S/C32H34Cl2FN3O5S/c1-4-38(17-44-27-14-20(32(40)41-3)13-24(35)30(27)36-2)15-18-8-11-25(39)26(12-18)42-16-21-29(37-43-31(21)19-9-10-19)28-22(33)6-5-7-23(28)34/h5-7,13-14,18-19,26H,2,4,8-12,15-17H2,1,3H3/t18?,26-/m1/s1. The number of rotatable bonds is 13. The summed E-state index contributed by atoms with van der Waals surface area (Å²) >= 11 is 14.4. The maximum Gasteiger partial charge on any atom is 0.337 e. The topological polar surface area (TPSA) is 94.2 Å². The summed E-state index contributed by atoms with van der Waals surface area (Å²) in [6, 6.07) is 7.97. The van der Waals surface area contributed by atoms with E-state index in [0.29, 0.717) is 44.9 Å². The lowest BCUT2D eigenvalue weighted by atomic mass is 9.86. The van der Waals surface area contributed by atoms with Crippen LogP contribution in [0, 0.1) is 11.7 Å². The molecule has 0 bridgehead atoms. The molecule has 0 spiro atoms. The van der Waals surface area contributed by atoms with E-state index in [1.165, 1.54) is 18.9 Å². The molecule has 0 radical (unpaired) electrons. The molecule has 5 rings (SSSR count). The van der Waals surface area contributed by atoms with Crippen molar-refractivity contribution in [3.8, 4) is 11.3 Å². The third-order valence-corrected chi connectivity index (χ3v) is 9.82. The van der Waals surface area contributed by atoms with Gasteiger partial charge in [-0.15, -0.1) is 11.8 Å². The zero-order valence-electron chi connectivity index (χ0n) is 24.6. The predicted octanol–water partition coefficient (Wildman–Crippen LogP) is 8.11. The molecule has 44 heavy (non-hydrogen) atoms.